The molecule has 114 valence electrons. The minimum atomic E-state index is -0.145. The molecule has 1 amide bonds. The Morgan fingerprint density at radius 1 is 0.957 bits per heavy atom. The third-order valence-corrected chi connectivity index (χ3v) is 4.48. The largest absolute Gasteiger partial charge is 0.361 e. The highest BCUT2D eigenvalue weighted by Gasteiger charge is 2.32. The second-order valence-electron chi connectivity index (χ2n) is 5.75. The number of fused-ring (bicyclic) bond motifs is 2. The molecule has 0 aliphatic carbocycles. The zero-order valence-electron chi connectivity index (χ0n) is 13.0. The summed E-state index contributed by atoms with van der Waals surface area (Å²) in [5, 5.41) is 5.91. The molecule has 0 aromatic heterocycles. The van der Waals surface area contributed by atoms with Gasteiger partial charge >= 0.3 is 0 Å². The number of anilines is 1. The van der Waals surface area contributed by atoms with E-state index in [9.17, 15) is 4.79 Å². The van der Waals surface area contributed by atoms with Gasteiger partial charge in [-0.3, -0.25) is 4.79 Å². The fourth-order valence-electron chi connectivity index (χ4n) is 3.35. The Morgan fingerprint density at radius 2 is 1.70 bits per heavy atom. The normalized spacial score (nSPS) is 17.0. The summed E-state index contributed by atoms with van der Waals surface area (Å²) in [6, 6.07) is 22.3. The van der Waals surface area contributed by atoms with Crippen LogP contribution in [0.25, 0.3) is 10.8 Å². The standard InChI is InChI=1S/C20H18N2O/c1-2-22-19(21-18-13-6-5-11-17(18)20(22)23)16-12-7-9-14-8-3-4-10-15(14)16/h3-13,19,21H,2H2,1H3. The van der Waals surface area contributed by atoms with Crippen LogP contribution in [-0.4, -0.2) is 17.4 Å². The van der Waals surface area contributed by atoms with Crippen LogP contribution in [0.1, 0.15) is 29.0 Å². The second-order valence-corrected chi connectivity index (χ2v) is 5.75. The van der Waals surface area contributed by atoms with E-state index in [0.29, 0.717) is 6.54 Å². The van der Waals surface area contributed by atoms with Crippen LogP contribution in [0, 0.1) is 0 Å². The lowest BCUT2D eigenvalue weighted by molar-refractivity contribution is 0.0696. The van der Waals surface area contributed by atoms with E-state index in [2.05, 4.69) is 35.6 Å². The molecule has 1 N–H and O–H groups in total. The molecule has 1 aliphatic rings. The average Bonchev–Trinajstić information content (AvgIpc) is 2.61. The van der Waals surface area contributed by atoms with Gasteiger partial charge in [0.1, 0.15) is 6.17 Å². The number of nitrogens with one attached hydrogen (secondary N) is 1. The summed E-state index contributed by atoms with van der Waals surface area (Å²) in [4.78, 5) is 14.7. The quantitative estimate of drug-likeness (QED) is 0.759. The SMILES string of the molecule is CCN1C(=O)c2ccccc2NC1c1cccc2ccccc12. The van der Waals surface area contributed by atoms with Crippen molar-refractivity contribution >= 4 is 22.4 Å². The van der Waals surface area contributed by atoms with Gasteiger partial charge in [-0.05, 0) is 29.8 Å². The van der Waals surface area contributed by atoms with Gasteiger partial charge in [-0.1, -0.05) is 54.6 Å². The molecule has 3 aromatic carbocycles. The average molecular weight is 302 g/mol. The maximum absolute atomic E-state index is 12.9. The second kappa shape index (κ2) is 5.43. The van der Waals surface area contributed by atoms with E-state index < -0.39 is 0 Å². The summed E-state index contributed by atoms with van der Waals surface area (Å²) in [6.07, 6.45) is -0.145. The van der Waals surface area contributed by atoms with Crippen molar-refractivity contribution in [2.45, 2.75) is 13.1 Å². The van der Waals surface area contributed by atoms with Crippen molar-refractivity contribution in [1.82, 2.24) is 4.90 Å². The summed E-state index contributed by atoms with van der Waals surface area (Å²) < 4.78 is 0. The van der Waals surface area contributed by atoms with Gasteiger partial charge in [-0.25, -0.2) is 0 Å². The Morgan fingerprint density at radius 3 is 2.57 bits per heavy atom. The molecule has 1 aliphatic heterocycles. The first-order chi connectivity index (χ1) is 11.3. The number of carbonyl (C=O) groups is 1. The van der Waals surface area contributed by atoms with Gasteiger partial charge < -0.3 is 10.2 Å². The van der Waals surface area contributed by atoms with Crippen LogP contribution in [0.4, 0.5) is 5.69 Å². The van der Waals surface area contributed by atoms with Crippen molar-refractivity contribution in [2.24, 2.45) is 0 Å². The van der Waals surface area contributed by atoms with Gasteiger partial charge in [0.05, 0.1) is 5.56 Å². The molecule has 0 fully saturated rings. The molecular formula is C20H18N2O. The minimum Gasteiger partial charge on any atom is -0.361 e. The molecule has 3 heteroatoms. The molecule has 1 heterocycles. The van der Waals surface area contributed by atoms with Gasteiger partial charge in [-0.2, -0.15) is 0 Å². The van der Waals surface area contributed by atoms with E-state index in [4.69, 9.17) is 0 Å². The molecule has 0 saturated carbocycles. The van der Waals surface area contributed by atoms with E-state index in [1.807, 2.05) is 48.2 Å². The van der Waals surface area contributed by atoms with Crippen LogP contribution in [0.3, 0.4) is 0 Å². The van der Waals surface area contributed by atoms with Gasteiger partial charge in [0.2, 0.25) is 0 Å². The van der Waals surface area contributed by atoms with E-state index in [1.165, 1.54) is 10.8 Å². The molecule has 1 unspecified atom stereocenters. The predicted molar refractivity (Wildman–Crippen MR) is 93.5 cm³/mol. The molecule has 23 heavy (non-hydrogen) atoms. The zero-order chi connectivity index (χ0) is 15.8. The lowest BCUT2D eigenvalue weighted by Crippen LogP contribution is -2.42. The molecule has 1 atom stereocenters. The van der Waals surface area contributed by atoms with Gasteiger partial charge in [-0.15, -0.1) is 0 Å². The first-order valence-electron chi connectivity index (χ1n) is 7.94. The van der Waals surface area contributed by atoms with Crippen molar-refractivity contribution in [2.75, 3.05) is 11.9 Å². The molecule has 4 rings (SSSR count). The third kappa shape index (κ3) is 2.16. The highest BCUT2D eigenvalue weighted by Crippen LogP contribution is 2.35. The number of hydrogen-bond donors (Lipinski definition) is 1. The Hall–Kier alpha value is -2.81. The summed E-state index contributed by atoms with van der Waals surface area (Å²) >= 11 is 0. The summed E-state index contributed by atoms with van der Waals surface area (Å²) in [5.41, 5.74) is 2.78. The van der Waals surface area contributed by atoms with Gasteiger partial charge in [0.15, 0.2) is 0 Å². The molecule has 0 radical (unpaired) electrons. The predicted octanol–water partition coefficient (Wildman–Crippen LogP) is 4.43. The maximum atomic E-state index is 12.9. The van der Waals surface area contributed by atoms with Crippen LogP contribution in [0.15, 0.2) is 66.7 Å². The van der Waals surface area contributed by atoms with Crippen molar-refractivity contribution in [1.29, 1.82) is 0 Å². The van der Waals surface area contributed by atoms with Crippen LogP contribution in [0.5, 0.6) is 0 Å². The van der Waals surface area contributed by atoms with Crippen molar-refractivity contribution in [3.05, 3.63) is 77.9 Å². The van der Waals surface area contributed by atoms with Gasteiger partial charge in [0, 0.05) is 17.8 Å². The van der Waals surface area contributed by atoms with E-state index in [1.54, 1.807) is 0 Å². The molecule has 0 bridgehead atoms. The number of para-hydroxylation sites is 1. The highest BCUT2D eigenvalue weighted by atomic mass is 16.2. The number of carbonyl (C=O) groups excluding carboxylic acids is 1. The fraction of sp³-hybridized carbons (Fsp3) is 0.150. The van der Waals surface area contributed by atoms with Crippen molar-refractivity contribution in [3.63, 3.8) is 0 Å². The number of nitrogens with zero attached hydrogens (tertiary/aromatic N) is 1. The molecular weight excluding hydrogens is 284 g/mol. The maximum Gasteiger partial charge on any atom is 0.257 e. The summed E-state index contributed by atoms with van der Waals surface area (Å²) in [6.45, 7) is 2.68. The number of hydrogen-bond acceptors (Lipinski definition) is 2. The monoisotopic (exact) mass is 302 g/mol. The van der Waals surface area contributed by atoms with Crippen LogP contribution >= 0.6 is 0 Å². The molecule has 0 spiro atoms. The topological polar surface area (TPSA) is 32.3 Å². The fourth-order valence-corrected chi connectivity index (χ4v) is 3.35. The van der Waals surface area contributed by atoms with Crippen LogP contribution in [0.2, 0.25) is 0 Å². The Labute approximate surface area is 135 Å². The number of amides is 1. The third-order valence-electron chi connectivity index (χ3n) is 4.48. The first kappa shape index (κ1) is 13.8. The number of benzene rings is 3. The first-order valence-corrected chi connectivity index (χ1v) is 7.94. The minimum absolute atomic E-state index is 0.0831. The number of rotatable bonds is 2. The smallest absolute Gasteiger partial charge is 0.257 e. The van der Waals surface area contributed by atoms with E-state index in [0.717, 1.165) is 16.8 Å². The Balaban J connectivity index is 1.89. The summed E-state index contributed by atoms with van der Waals surface area (Å²) in [7, 11) is 0. The van der Waals surface area contributed by atoms with E-state index >= 15 is 0 Å². The molecule has 3 aromatic rings. The Kier molecular flexibility index (Phi) is 3.27. The highest BCUT2D eigenvalue weighted by molar-refractivity contribution is 6.02. The summed E-state index contributed by atoms with van der Waals surface area (Å²) in [5.74, 6) is 0.0831. The van der Waals surface area contributed by atoms with Gasteiger partial charge in [0.25, 0.3) is 5.91 Å². The lowest BCUT2D eigenvalue weighted by Gasteiger charge is -2.38. The van der Waals surface area contributed by atoms with Crippen molar-refractivity contribution < 1.29 is 4.79 Å². The Bertz CT molecular complexity index is 882. The van der Waals surface area contributed by atoms with Crippen LogP contribution in [-0.2, 0) is 0 Å². The lowest BCUT2D eigenvalue weighted by atomic mass is 9.98. The zero-order valence-corrected chi connectivity index (χ0v) is 13.0. The molecule has 0 saturated heterocycles. The van der Waals surface area contributed by atoms with Crippen molar-refractivity contribution in [3.8, 4) is 0 Å². The van der Waals surface area contributed by atoms with Crippen LogP contribution < -0.4 is 5.32 Å². The van der Waals surface area contributed by atoms with E-state index in [-0.39, 0.29) is 12.1 Å². The molecule has 3 nitrogen and oxygen atoms in total.